The highest BCUT2D eigenvalue weighted by molar-refractivity contribution is 5.82. The van der Waals surface area contributed by atoms with Gasteiger partial charge >= 0.3 is 0 Å². The molecule has 0 saturated carbocycles. The molecule has 0 amide bonds. The Balaban J connectivity index is 2.52. The standard InChI is InChI=1S/C14H12N2O/c1-9-4-6-13-12(7-9)15-11-5-3-10(2)8-14(11)16(13)17/h3-8H,1-2H3. The second kappa shape index (κ2) is 3.42. The molecule has 3 aromatic rings. The summed E-state index contributed by atoms with van der Waals surface area (Å²) in [6.45, 7) is 3.97. The average Bonchev–Trinajstić information content (AvgIpc) is 2.30. The highest BCUT2D eigenvalue weighted by Gasteiger charge is 2.11. The van der Waals surface area contributed by atoms with Crippen LogP contribution in [0.5, 0.6) is 0 Å². The van der Waals surface area contributed by atoms with Crippen molar-refractivity contribution in [3.8, 4) is 0 Å². The minimum Gasteiger partial charge on any atom is -0.618 e. The zero-order valence-electron chi connectivity index (χ0n) is 9.77. The van der Waals surface area contributed by atoms with Crippen LogP contribution in [0.15, 0.2) is 36.4 Å². The Bertz CT molecular complexity index is 735. The number of nitrogens with zero attached hydrogens (tertiary/aromatic N) is 2. The second-order valence-corrected chi connectivity index (χ2v) is 4.39. The maximum Gasteiger partial charge on any atom is 0.243 e. The molecule has 0 aliphatic carbocycles. The predicted octanol–water partition coefficient (Wildman–Crippen LogP) is 2.64. The topological polar surface area (TPSA) is 39.8 Å². The van der Waals surface area contributed by atoms with E-state index < -0.39 is 0 Å². The van der Waals surface area contributed by atoms with Crippen molar-refractivity contribution in [2.75, 3.05) is 0 Å². The number of hydrogen-bond donors (Lipinski definition) is 0. The van der Waals surface area contributed by atoms with Gasteiger partial charge < -0.3 is 5.21 Å². The van der Waals surface area contributed by atoms with Gasteiger partial charge in [0.2, 0.25) is 11.0 Å². The fourth-order valence-electron chi connectivity index (χ4n) is 2.04. The van der Waals surface area contributed by atoms with Crippen LogP contribution in [0.3, 0.4) is 0 Å². The molecule has 1 heterocycles. The summed E-state index contributed by atoms with van der Waals surface area (Å²) in [6, 6.07) is 11.4. The number of hydrogen-bond acceptors (Lipinski definition) is 2. The van der Waals surface area contributed by atoms with Crippen LogP contribution in [0, 0.1) is 19.1 Å². The van der Waals surface area contributed by atoms with Crippen molar-refractivity contribution in [1.29, 1.82) is 0 Å². The molecule has 0 saturated heterocycles. The van der Waals surface area contributed by atoms with Crippen LogP contribution in [0.4, 0.5) is 0 Å². The highest BCUT2D eigenvalue weighted by Crippen LogP contribution is 2.16. The summed E-state index contributed by atoms with van der Waals surface area (Å²) in [5.74, 6) is 0. The summed E-state index contributed by atoms with van der Waals surface area (Å²) in [5, 5.41) is 12.2. The molecule has 0 bridgehead atoms. The Morgan fingerprint density at radius 1 is 0.882 bits per heavy atom. The van der Waals surface area contributed by atoms with Gasteiger partial charge in [-0.3, -0.25) is 0 Å². The van der Waals surface area contributed by atoms with Gasteiger partial charge in [0, 0.05) is 12.1 Å². The van der Waals surface area contributed by atoms with E-state index in [-0.39, 0.29) is 0 Å². The fourth-order valence-corrected chi connectivity index (χ4v) is 2.04. The maximum absolute atomic E-state index is 12.2. The molecule has 0 radical (unpaired) electrons. The zero-order valence-corrected chi connectivity index (χ0v) is 9.77. The van der Waals surface area contributed by atoms with Crippen molar-refractivity contribution >= 4 is 22.1 Å². The van der Waals surface area contributed by atoms with Crippen LogP contribution < -0.4 is 4.73 Å². The van der Waals surface area contributed by atoms with Crippen molar-refractivity contribution in [1.82, 2.24) is 4.98 Å². The number of rotatable bonds is 0. The molecule has 0 aliphatic heterocycles. The van der Waals surface area contributed by atoms with Gasteiger partial charge in [-0.05, 0) is 37.1 Å². The minimum absolute atomic E-state index is 0.619. The van der Waals surface area contributed by atoms with Crippen LogP contribution in [-0.4, -0.2) is 4.98 Å². The number of fused-ring (bicyclic) bond motifs is 2. The first kappa shape index (κ1) is 10.0. The number of benzene rings is 2. The summed E-state index contributed by atoms with van der Waals surface area (Å²) in [4.78, 5) is 4.52. The largest absolute Gasteiger partial charge is 0.618 e. The molecule has 1 aromatic heterocycles. The minimum atomic E-state index is 0.619. The van der Waals surface area contributed by atoms with E-state index in [0.717, 1.165) is 26.9 Å². The molecule has 3 heteroatoms. The fraction of sp³-hybridized carbons (Fsp3) is 0.143. The van der Waals surface area contributed by atoms with Gasteiger partial charge in [-0.25, -0.2) is 4.98 Å². The Hall–Kier alpha value is -2.16. The lowest BCUT2D eigenvalue weighted by molar-refractivity contribution is -0.548. The van der Waals surface area contributed by atoms with Gasteiger partial charge in [-0.2, -0.15) is 4.73 Å². The first-order valence-corrected chi connectivity index (χ1v) is 5.55. The molecular formula is C14H12N2O. The molecule has 3 nitrogen and oxygen atoms in total. The summed E-state index contributed by atoms with van der Waals surface area (Å²) in [6.07, 6.45) is 0. The van der Waals surface area contributed by atoms with E-state index in [0.29, 0.717) is 11.0 Å². The molecule has 0 atom stereocenters. The Labute approximate surface area is 98.9 Å². The normalized spacial score (nSPS) is 11.2. The van der Waals surface area contributed by atoms with E-state index in [1.165, 1.54) is 0 Å². The van der Waals surface area contributed by atoms with Gasteiger partial charge in [-0.1, -0.05) is 12.1 Å². The molecule has 3 rings (SSSR count). The zero-order chi connectivity index (χ0) is 12.0. The Morgan fingerprint density at radius 2 is 1.59 bits per heavy atom. The summed E-state index contributed by atoms with van der Waals surface area (Å²) >= 11 is 0. The van der Waals surface area contributed by atoms with Gasteiger partial charge in [0.05, 0.1) is 0 Å². The van der Waals surface area contributed by atoms with Crippen molar-refractivity contribution in [3.05, 3.63) is 52.7 Å². The summed E-state index contributed by atoms with van der Waals surface area (Å²) < 4.78 is 0.962. The lowest BCUT2D eigenvalue weighted by Crippen LogP contribution is -2.28. The van der Waals surface area contributed by atoms with Gasteiger partial charge in [0.1, 0.15) is 11.0 Å². The average molecular weight is 224 g/mol. The van der Waals surface area contributed by atoms with Crippen LogP contribution in [-0.2, 0) is 0 Å². The van der Waals surface area contributed by atoms with Crippen LogP contribution >= 0.6 is 0 Å². The molecule has 2 aromatic carbocycles. The third kappa shape index (κ3) is 1.51. The van der Waals surface area contributed by atoms with E-state index >= 15 is 0 Å². The Kier molecular flexibility index (Phi) is 2.01. The third-order valence-corrected chi connectivity index (χ3v) is 2.94. The first-order chi connectivity index (χ1) is 8.15. The highest BCUT2D eigenvalue weighted by atomic mass is 16.5. The van der Waals surface area contributed by atoms with Crippen LogP contribution in [0.25, 0.3) is 22.1 Å². The van der Waals surface area contributed by atoms with Crippen molar-refractivity contribution in [3.63, 3.8) is 0 Å². The van der Waals surface area contributed by atoms with E-state index in [4.69, 9.17) is 0 Å². The second-order valence-electron chi connectivity index (χ2n) is 4.39. The van der Waals surface area contributed by atoms with Crippen molar-refractivity contribution in [2.45, 2.75) is 13.8 Å². The lowest BCUT2D eigenvalue weighted by Gasteiger charge is -2.06. The van der Waals surface area contributed by atoms with E-state index in [1.807, 2.05) is 50.2 Å². The quantitative estimate of drug-likeness (QED) is 0.334. The summed E-state index contributed by atoms with van der Waals surface area (Å²) in [7, 11) is 0. The van der Waals surface area contributed by atoms with E-state index in [1.54, 1.807) is 0 Å². The van der Waals surface area contributed by atoms with Crippen molar-refractivity contribution in [2.24, 2.45) is 0 Å². The monoisotopic (exact) mass is 224 g/mol. The molecule has 84 valence electrons. The van der Waals surface area contributed by atoms with Gasteiger partial charge in [-0.15, -0.1) is 0 Å². The van der Waals surface area contributed by atoms with Gasteiger partial charge in [0.25, 0.3) is 0 Å². The lowest BCUT2D eigenvalue weighted by atomic mass is 10.1. The number of aromatic nitrogens is 2. The molecule has 0 N–H and O–H groups in total. The smallest absolute Gasteiger partial charge is 0.243 e. The van der Waals surface area contributed by atoms with E-state index in [2.05, 4.69) is 4.98 Å². The first-order valence-electron chi connectivity index (χ1n) is 5.55. The Morgan fingerprint density at radius 3 is 2.41 bits per heavy atom. The van der Waals surface area contributed by atoms with Gasteiger partial charge in [0.15, 0.2) is 0 Å². The van der Waals surface area contributed by atoms with Crippen LogP contribution in [0.1, 0.15) is 11.1 Å². The molecular weight excluding hydrogens is 212 g/mol. The SMILES string of the molecule is Cc1ccc2c(c1)nc1ccc(C)cc1[n+]2[O-]. The molecule has 0 unspecified atom stereocenters. The van der Waals surface area contributed by atoms with Crippen molar-refractivity contribution < 1.29 is 4.73 Å². The van der Waals surface area contributed by atoms with Crippen LogP contribution in [0.2, 0.25) is 0 Å². The molecule has 0 aliphatic rings. The third-order valence-electron chi connectivity index (χ3n) is 2.94. The molecule has 0 spiro atoms. The number of aryl methyl sites for hydroxylation is 2. The predicted molar refractivity (Wildman–Crippen MR) is 67.7 cm³/mol. The summed E-state index contributed by atoms with van der Waals surface area (Å²) in [5.41, 5.74) is 4.90. The molecule has 0 fully saturated rings. The van der Waals surface area contributed by atoms with E-state index in [9.17, 15) is 5.21 Å². The molecule has 17 heavy (non-hydrogen) atoms. The maximum atomic E-state index is 12.2.